The Morgan fingerprint density at radius 1 is 0.667 bits per heavy atom. The molecule has 4 aromatic carbocycles. The molecular formula is C39H40Cl2N2O5. The van der Waals surface area contributed by atoms with Gasteiger partial charge in [-0.05, 0) is 65.3 Å². The number of halogens is 2. The first kappa shape index (κ1) is 34.3. The van der Waals surface area contributed by atoms with Gasteiger partial charge in [-0.2, -0.15) is 0 Å². The molecule has 2 unspecified atom stereocenters. The number of aliphatic hydroxyl groups excluding tert-OH is 2. The minimum atomic E-state index is -1.00. The fraction of sp³-hybridized carbons (Fsp3) is 0.333. The summed E-state index contributed by atoms with van der Waals surface area (Å²) >= 11 is 14.3. The van der Waals surface area contributed by atoms with Gasteiger partial charge in [0.25, 0.3) is 0 Å². The first-order valence-corrected chi connectivity index (χ1v) is 17.1. The highest BCUT2D eigenvalue weighted by atomic mass is 35.5. The lowest BCUT2D eigenvalue weighted by Gasteiger charge is -2.30. The largest absolute Gasteiger partial charge is 0.481 e. The van der Waals surface area contributed by atoms with Crippen LogP contribution in [0.3, 0.4) is 0 Å². The van der Waals surface area contributed by atoms with E-state index in [1.165, 1.54) is 23.6 Å². The van der Waals surface area contributed by atoms with E-state index in [2.05, 4.69) is 46.2 Å². The molecule has 3 N–H and O–H groups in total. The van der Waals surface area contributed by atoms with E-state index >= 15 is 0 Å². The first-order valence-electron chi connectivity index (χ1n) is 16.4. The Hall–Kier alpha value is -3.56. The maximum atomic E-state index is 11.5. The molecule has 48 heavy (non-hydrogen) atoms. The van der Waals surface area contributed by atoms with Gasteiger partial charge in [-0.15, -0.1) is 0 Å². The van der Waals surface area contributed by atoms with Crippen LogP contribution in [-0.4, -0.2) is 75.3 Å². The zero-order valence-corrected chi connectivity index (χ0v) is 28.5. The molecule has 4 aromatic rings. The highest BCUT2D eigenvalue weighted by molar-refractivity contribution is 6.39. The van der Waals surface area contributed by atoms with E-state index in [1.54, 1.807) is 0 Å². The lowest BCUT2D eigenvalue weighted by molar-refractivity contribution is -0.139. The molecule has 0 saturated heterocycles. The van der Waals surface area contributed by atoms with Gasteiger partial charge in [-0.25, -0.2) is 0 Å². The van der Waals surface area contributed by atoms with E-state index in [0.29, 0.717) is 36.2 Å². The summed E-state index contributed by atoms with van der Waals surface area (Å²) in [4.78, 5) is 26.8. The second-order valence-corrected chi connectivity index (χ2v) is 13.8. The van der Waals surface area contributed by atoms with E-state index in [-0.39, 0.29) is 18.6 Å². The van der Waals surface area contributed by atoms with E-state index in [1.807, 2.05) is 36.4 Å². The molecule has 6 rings (SSSR count). The van der Waals surface area contributed by atoms with E-state index in [4.69, 9.17) is 28.3 Å². The zero-order valence-electron chi connectivity index (χ0n) is 27.0. The molecule has 0 saturated carbocycles. The number of Topliss-reactive ketones (excluding diaryl/α,β-unsaturated/α-hetero) is 1. The maximum Gasteiger partial charge on any atom is 0.306 e. The standard InChI is InChI=1S/C39H40Cl2N2O5/c1-24(44)16-31(45)22-42-14-12-25-8-10-27(17-29(25)20-42)33-4-2-6-35(38(33)40)36-7-3-5-34(39(36)41)28-11-9-26-13-15-43(21-30(26)18-28)23-32(46)19-37(47)48/h2-11,17-18,31-32,45-46H,12-16,19-23H2,1H3,(H,47,48). The van der Waals surface area contributed by atoms with Gasteiger partial charge in [0.1, 0.15) is 5.78 Å². The normalized spacial score (nSPS) is 16.2. The Kier molecular flexibility index (Phi) is 10.7. The van der Waals surface area contributed by atoms with E-state index < -0.39 is 18.2 Å². The summed E-state index contributed by atoms with van der Waals surface area (Å²) in [6.07, 6.45) is 0.0309. The van der Waals surface area contributed by atoms with Crippen LogP contribution in [0.2, 0.25) is 10.0 Å². The number of fused-ring (bicyclic) bond motifs is 2. The number of carbonyl (C=O) groups is 2. The van der Waals surface area contributed by atoms with Crippen LogP contribution in [0.5, 0.6) is 0 Å². The number of rotatable bonds is 11. The minimum Gasteiger partial charge on any atom is -0.481 e. The van der Waals surface area contributed by atoms with Crippen molar-refractivity contribution in [3.05, 3.63) is 105 Å². The summed E-state index contributed by atoms with van der Waals surface area (Å²) in [6.45, 7) is 5.21. The minimum absolute atomic E-state index is 0.00960. The molecule has 0 bridgehead atoms. The molecule has 0 spiro atoms. The maximum absolute atomic E-state index is 11.5. The second-order valence-electron chi connectivity index (χ2n) is 13.1. The number of carboxylic acid groups (broad SMARTS) is 1. The van der Waals surface area contributed by atoms with Crippen LogP contribution in [0.25, 0.3) is 33.4 Å². The van der Waals surface area contributed by atoms with Crippen LogP contribution in [0.4, 0.5) is 0 Å². The fourth-order valence-corrected chi connectivity index (χ4v) is 7.74. The Morgan fingerprint density at radius 2 is 1.10 bits per heavy atom. The summed E-state index contributed by atoms with van der Waals surface area (Å²) in [5, 5.41) is 30.8. The van der Waals surface area contributed by atoms with Crippen molar-refractivity contribution >= 4 is 35.0 Å². The lowest BCUT2D eigenvalue weighted by atomic mass is 9.91. The molecule has 2 heterocycles. The number of hydrogen-bond acceptors (Lipinski definition) is 6. The van der Waals surface area contributed by atoms with Gasteiger partial charge in [0.15, 0.2) is 0 Å². The summed E-state index contributed by atoms with van der Waals surface area (Å²) in [5.74, 6) is -1.01. The summed E-state index contributed by atoms with van der Waals surface area (Å²) in [6, 6.07) is 24.8. The van der Waals surface area contributed by atoms with Gasteiger partial charge in [-0.1, -0.05) is 83.9 Å². The van der Waals surface area contributed by atoms with Gasteiger partial charge in [-0.3, -0.25) is 19.4 Å². The molecular weight excluding hydrogens is 647 g/mol. The molecule has 9 heteroatoms. The van der Waals surface area contributed by atoms with Crippen molar-refractivity contribution in [3.63, 3.8) is 0 Å². The number of β-amino-alcohol motifs (C(OH)–C–C–N with tert-alkyl or cyclic N) is 2. The van der Waals surface area contributed by atoms with Gasteiger partial charge < -0.3 is 15.3 Å². The van der Waals surface area contributed by atoms with Gasteiger partial charge in [0, 0.05) is 67.9 Å². The van der Waals surface area contributed by atoms with Crippen LogP contribution in [0, 0.1) is 0 Å². The van der Waals surface area contributed by atoms with Gasteiger partial charge in [0.05, 0.1) is 28.7 Å². The second kappa shape index (κ2) is 14.9. The van der Waals surface area contributed by atoms with Crippen LogP contribution in [-0.2, 0) is 35.5 Å². The third kappa shape index (κ3) is 7.84. The topological polar surface area (TPSA) is 101 Å². The van der Waals surface area contributed by atoms with E-state index in [0.717, 1.165) is 64.9 Å². The number of carboxylic acids is 1. The van der Waals surface area contributed by atoms with E-state index in [9.17, 15) is 19.8 Å². The third-order valence-corrected chi connectivity index (χ3v) is 10.2. The molecule has 250 valence electrons. The molecule has 0 aliphatic carbocycles. The summed E-state index contributed by atoms with van der Waals surface area (Å²) < 4.78 is 0. The SMILES string of the molecule is CC(=O)CC(O)CN1CCc2ccc(-c3cccc(-c4cccc(-c5ccc6c(c5)CN(CC(O)CC(=O)O)CC6)c4Cl)c3Cl)cc2C1. The number of aliphatic hydroxyl groups is 2. The third-order valence-electron chi connectivity index (χ3n) is 9.38. The summed E-state index contributed by atoms with van der Waals surface area (Å²) in [7, 11) is 0. The van der Waals surface area contributed by atoms with Crippen molar-refractivity contribution in [2.24, 2.45) is 0 Å². The molecule has 0 radical (unpaired) electrons. The number of carbonyl (C=O) groups excluding carboxylic acids is 1. The molecule has 2 aliphatic heterocycles. The number of aliphatic carboxylic acids is 1. The predicted molar refractivity (Wildman–Crippen MR) is 190 cm³/mol. The fourth-order valence-electron chi connectivity index (χ4n) is 7.06. The van der Waals surface area contributed by atoms with Crippen molar-refractivity contribution in [1.82, 2.24) is 9.80 Å². The Morgan fingerprint density at radius 3 is 1.54 bits per heavy atom. The van der Waals surface area contributed by atoms with Crippen LogP contribution < -0.4 is 0 Å². The predicted octanol–water partition coefficient (Wildman–Crippen LogP) is 6.89. The highest BCUT2D eigenvalue weighted by Crippen LogP contribution is 2.43. The number of hydrogen-bond donors (Lipinski definition) is 3. The zero-order chi connectivity index (χ0) is 33.9. The van der Waals surface area contributed by atoms with Crippen LogP contribution in [0.15, 0.2) is 72.8 Å². The molecule has 0 amide bonds. The van der Waals surface area contributed by atoms with Crippen molar-refractivity contribution in [2.75, 3.05) is 26.2 Å². The van der Waals surface area contributed by atoms with Crippen molar-refractivity contribution in [2.45, 2.75) is 57.9 Å². The Balaban J connectivity index is 1.25. The van der Waals surface area contributed by atoms with Crippen LogP contribution in [0.1, 0.15) is 42.0 Å². The molecule has 7 nitrogen and oxygen atoms in total. The molecule has 0 fully saturated rings. The molecule has 2 atom stereocenters. The van der Waals surface area contributed by atoms with Crippen molar-refractivity contribution in [1.29, 1.82) is 0 Å². The van der Waals surface area contributed by atoms with Crippen molar-refractivity contribution < 1.29 is 24.9 Å². The van der Waals surface area contributed by atoms with Crippen molar-refractivity contribution in [3.8, 4) is 33.4 Å². The monoisotopic (exact) mass is 686 g/mol. The smallest absolute Gasteiger partial charge is 0.306 e. The molecule has 2 aliphatic rings. The number of nitrogens with zero attached hydrogens (tertiary/aromatic N) is 2. The Bertz CT molecular complexity index is 1710. The summed E-state index contributed by atoms with van der Waals surface area (Å²) in [5.41, 5.74) is 10.3. The van der Waals surface area contributed by atoms with Gasteiger partial charge in [0.2, 0.25) is 0 Å². The highest BCUT2D eigenvalue weighted by Gasteiger charge is 2.23. The number of benzene rings is 4. The van der Waals surface area contributed by atoms with Gasteiger partial charge >= 0.3 is 5.97 Å². The average Bonchev–Trinajstić information content (AvgIpc) is 3.04. The molecule has 0 aromatic heterocycles. The first-order chi connectivity index (χ1) is 23.0. The Labute approximate surface area is 291 Å². The quantitative estimate of drug-likeness (QED) is 0.158. The lowest BCUT2D eigenvalue weighted by Crippen LogP contribution is -2.37. The number of ketones is 1. The average molecular weight is 688 g/mol. The van der Waals surface area contributed by atoms with Crippen LogP contribution >= 0.6 is 23.2 Å².